The van der Waals surface area contributed by atoms with Crippen molar-refractivity contribution in [2.75, 3.05) is 26.0 Å². The fourth-order valence-corrected chi connectivity index (χ4v) is 2.19. The number of alkyl halides is 1. The highest BCUT2D eigenvalue weighted by atomic mass is 35.5. The molecular weight excluding hydrogens is 278 g/mol. The van der Waals surface area contributed by atoms with Gasteiger partial charge in [0.25, 0.3) is 0 Å². The molecule has 0 aliphatic heterocycles. The van der Waals surface area contributed by atoms with Crippen LogP contribution in [-0.4, -0.2) is 30.9 Å². The van der Waals surface area contributed by atoms with E-state index in [9.17, 15) is 0 Å². The largest absolute Gasteiger partial charge is 0.303 e. The Kier molecular flexibility index (Phi) is 12.8. The third-order valence-electron chi connectivity index (χ3n) is 3.55. The molecule has 0 aromatic carbocycles. The summed E-state index contributed by atoms with van der Waals surface area (Å²) < 4.78 is 0. The maximum absolute atomic E-state index is 5.71. The molecule has 2 heteroatoms. The Morgan fingerprint density at radius 3 is 2.05 bits per heavy atom. The van der Waals surface area contributed by atoms with E-state index < -0.39 is 0 Å². The van der Waals surface area contributed by atoms with E-state index in [1.165, 1.54) is 36.0 Å². The fraction of sp³-hybridized carbons (Fsp3) is 0.684. The van der Waals surface area contributed by atoms with Crippen molar-refractivity contribution in [3.8, 4) is 0 Å². The number of likely N-dealkylation sites (N-methyl/N-ethyl adjacent to an activating group) is 1. The van der Waals surface area contributed by atoms with Crippen LogP contribution in [0.5, 0.6) is 0 Å². The van der Waals surface area contributed by atoms with E-state index >= 15 is 0 Å². The molecule has 0 rings (SSSR count). The van der Waals surface area contributed by atoms with Crippen molar-refractivity contribution in [2.45, 2.75) is 59.8 Å². The van der Waals surface area contributed by atoms with E-state index in [1.807, 2.05) is 0 Å². The van der Waals surface area contributed by atoms with E-state index in [4.69, 9.17) is 11.6 Å². The number of halogens is 1. The van der Waals surface area contributed by atoms with Crippen LogP contribution in [0.3, 0.4) is 0 Å². The minimum Gasteiger partial charge on any atom is -0.303 e. The molecule has 0 atom stereocenters. The normalized spacial score (nSPS) is 12.9. The maximum Gasteiger partial charge on any atom is 0.0235 e. The lowest BCUT2D eigenvalue weighted by atomic mass is 10.1. The highest BCUT2D eigenvalue weighted by Crippen LogP contribution is 2.11. The lowest BCUT2D eigenvalue weighted by Gasteiger charge is -2.13. The Morgan fingerprint density at radius 2 is 1.48 bits per heavy atom. The second-order valence-corrected chi connectivity index (χ2v) is 6.64. The molecule has 122 valence electrons. The van der Waals surface area contributed by atoms with Gasteiger partial charge in [-0.05, 0) is 73.4 Å². The van der Waals surface area contributed by atoms with Crippen molar-refractivity contribution in [3.05, 3.63) is 34.9 Å². The summed E-state index contributed by atoms with van der Waals surface area (Å²) in [4.78, 5) is 2.33. The van der Waals surface area contributed by atoms with E-state index in [-0.39, 0.29) is 0 Å². The second kappa shape index (κ2) is 13.2. The van der Waals surface area contributed by atoms with Gasteiger partial charge in [-0.3, -0.25) is 0 Å². The summed E-state index contributed by atoms with van der Waals surface area (Å²) in [6.07, 6.45) is 12.8. The van der Waals surface area contributed by atoms with Crippen molar-refractivity contribution in [1.29, 1.82) is 0 Å². The molecule has 0 saturated carbocycles. The molecule has 0 aromatic heterocycles. The van der Waals surface area contributed by atoms with Gasteiger partial charge in [0.2, 0.25) is 0 Å². The molecule has 0 radical (unpaired) electrons. The lowest BCUT2D eigenvalue weighted by molar-refractivity contribution is 0.370. The minimum absolute atomic E-state index is 0.754. The summed E-state index contributed by atoms with van der Waals surface area (Å²) in [6.45, 7) is 10.9. The van der Waals surface area contributed by atoms with Crippen LogP contribution in [0.25, 0.3) is 0 Å². The van der Waals surface area contributed by atoms with Crippen molar-refractivity contribution in [2.24, 2.45) is 0 Å². The summed E-state index contributed by atoms with van der Waals surface area (Å²) in [6, 6.07) is 0. The number of allylic oxidation sites excluding steroid dienone is 5. The molecule has 0 amide bonds. The Morgan fingerprint density at radius 1 is 0.905 bits per heavy atom. The number of hydrogen-bond acceptors (Lipinski definition) is 1. The van der Waals surface area contributed by atoms with Crippen LogP contribution in [-0.2, 0) is 0 Å². The van der Waals surface area contributed by atoms with Gasteiger partial charge in [0.1, 0.15) is 0 Å². The molecule has 0 aromatic rings. The van der Waals surface area contributed by atoms with Crippen LogP contribution in [0, 0.1) is 0 Å². The fourth-order valence-electron chi connectivity index (χ4n) is 2.07. The summed E-state index contributed by atoms with van der Waals surface area (Å²) in [7, 11) is 2.16. The SMILES string of the molecule is CC(C)=CCC/C(C)=C/CC/C(C)=C/CN(C)CCCCl. The first kappa shape index (κ1) is 20.5. The maximum atomic E-state index is 5.71. The van der Waals surface area contributed by atoms with Crippen molar-refractivity contribution >= 4 is 11.6 Å². The molecule has 0 aliphatic carbocycles. The Hall–Kier alpha value is -0.530. The van der Waals surface area contributed by atoms with Gasteiger partial charge >= 0.3 is 0 Å². The number of hydrogen-bond donors (Lipinski definition) is 0. The highest BCUT2D eigenvalue weighted by Gasteiger charge is 1.96. The van der Waals surface area contributed by atoms with Gasteiger partial charge in [-0.15, -0.1) is 11.6 Å². The predicted molar refractivity (Wildman–Crippen MR) is 98.2 cm³/mol. The van der Waals surface area contributed by atoms with E-state index in [2.05, 4.69) is 57.9 Å². The third-order valence-corrected chi connectivity index (χ3v) is 3.81. The van der Waals surface area contributed by atoms with Crippen LogP contribution in [0.2, 0.25) is 0 Å². The first-order valence-electron chi connectivity index (χ1n) is 8.14. The molecule has 0 bridgehead atoms. The van der Waals surface area contributed by atoms with Crippen LogP contribution in [0.15, 0.2) is 34.9 Å². The van der Waals surface area contributed by atoms with Crippen molar-refractivity contribution < 1.29 is 0 Å². The average Bonchev–Trinajstić information content (AvgIpc) is 2.42. The zero-order valence-electron chi connectivity index (χ0n) is 14.7. The van der Waals surface area contributed by atoms with Crippen LogP contribution in [0.4, 0.5) is 0 Å². The van der Waals surface area contributed by atoms with Gasteiger partial charge in [0.05, 0.1) is 0 Å². The Labute approximate surface area is 137 Å². The molecule has 21 heavy (non-hydrogen) atoms. The zero-order chi connectivity index (χ0) is 16.1. The zero-order valence-corrected chi connectivity index (χ0v) is 15.5. The monoisotopic (exact) mass is 311 g/mol. The Bertz CT molecular complexity index is 349. The predicted octanol–water partition coefficient (Wildman–Crippen LogP) is 5.97. The molecule has 0 aliphatic rings. The molecule has 0 saturated heterocycles. The van der Waals surface area contributed by atoms with Gasteiger partial charge in [-0.1, -0.05) is 34.9 Å². The van der Waals surface area contributed by atoms with Gasteiger partial charge in [-0.2, -0.15) is 0 Å². The summed E-state index contributed by atoms with van der Waals surface area (Å²) >= 11 is 5.71. The first-order chi connectivity index (χ1) is 9.95. The first-order valence-corrected chi connectivity index (χ1v) is 8.68. The van der Waals surface area contributed by atoms with Crippen molar-refractivity contribution in [1.82, 2.24) is 4.90 Å². The number of nitrogens with zero attached hydrogens (tertiary/aromatic N) is 1. The van der Waals surface area contributed by atoms with Crippen LogP contribution < -0.4 is 0 Å². The molecule has 0 fully saturated rings. The molecule has 0 N–H and O–H groups in total. The molecular formula is C19H34ClN. The molecule has 0 unspecified atom stereocenters. The third kappa shape index (κ3) is 14.2. The molecule has 0 heterocycles. The van der Waals surface area contributed by atoms with Gasteiger partial charge in [0.15, 0.2) is 0 Å². The lowest BCUT2D eigenvalue weighted by Crippen LogP contribution is -2.20. The smallest absolute Gasteiger partial charge is 0.0235 e. The van der Waals surface area contributed by atoms with Gasteiger partial charge in [-0.25, -0.2) is 0 Å². The van der Waals surface area contributed by atoms with E-state index in [1.54, 1.807) is 0 Å². The minimum atomic E-state index is 0.754. The number of rotatable bonds is 11. The summed E-state index contributed by atoms with van der Waals surface area (Å²) in [5.74, 6) is 0.754. The van der Waals surface area contributed by atoms with Crippen molar-refractivity contribution in [3.63, 3.8) is 0 Å². The van der Waals surface area contributed by atoms with Gasteiger partial charge < -0.3 is 4.90 Å². The van der Waals surface area contributed by atoms with Crippen LogP contribution >= 0.6 is 11.6 Å². The summed E-state index contributed by atoms with van der Waals surface area (Å²) in [5.41, 5.74) is 4.42. The average molecular weight is 312 g/mol. The molecule has 1 nitrogen and oxygen atoms in total. The van der Waals surface area contributed by atoms with Gasteiger partial charge in [0, 0.05) is 12.4 Å². The Balaban J connectivity index is 3.90. The second-order valence-electron chi connectivity index (χ2n) is 6.26. The molecule has 0 spiro atoms. The summed E-state index contributed by atoms with van der Waals surface area (Å²) in [5, 5.41) is 0. The van der Waals surface area contributed by atoms with E-state index in [0.717, 1.165) is 31.8 Å². The standard InChI is InChI=1S/C19H34ClN/c1-17(2)9-6-10-18(3)11-7-12-19(4)13-16-21(5)15-8-14-20/h9,11,13H,6-8,10,12,14-16H2,1-5H3/b18-11+,19-13+. The topological polar surface area (TPSA) is 3.24 Å². The van der Waals surface area contributed by atoms with Crippen LogP contribution in [0.1, 0.15) is 59.8 Å². The quantitative estimate of drug-likeness (QED) is 0.336. The highest BCUT2D eigenvalue weighted by molar-refractivity contribution is 6.17. The van der Waals surface area contributed by atoms with E-state index in [0.29, 0.717) is 0 Å².